The molecule has 0 amide bonds. The highest BCUT2D eigenvalue weighted by Crippen LogP contribution is 2.08. The second kappa shape index (κ2) is 13.1. The molecule has 0 rings (SSSR count). The molecule has 148 valence electrons. The Morgan fingerprint density at radius 1 is 1.04 bits per heavy atom. The van der Waals surface area contributed by atoms with E-state index >= 15 is 0 Å². The van der Waals surface area contributed by atoms with Crippen LogP contribution in [-0.2, 0) is 19.1 Å². The fourth-order valence-electron chi connectivity index (χ4n) is 2.33. The molecule has 0 aliphatic carbocycles. The second-order valence-corrected chi connectivity index (χ2v) is 7.20. The number of unbranched alkanes of at least 4 members (excludes halogenated alkanes) is 3. The average molecular weight is 369 g/mol. The van der Waals surface area contributed by atoms with Crippen LogP contribution in [-0.4, -0.2) is 61.3 Å². The monoisotopic (exact) mass is 369 g/mol. The summed E-state index contributed by atoms with van der Waals surface area (Å²) in [7, 11) is 5.70. The number of carboxylic acid groups (broad SMARTS) is 2. The van der Waals surface area contributed by atoms with Gasteiger partial charge in [0.05, 0.1) is 21.1 Å². The van der Waals surface area contributed by atoms with Gasteiger partial charge in [-0.15, -0.1) is 0 Å². The molecular weight excluding hydrogens is 338 g/mol. The average Bonchev–Trinajstić information content (AvgIpc) is 2.46. The predicted octanol–water partition coefficient (Wildman–Crippen LogP) is 1.28. The molecule has 0 aliphatic rings. The lowest BCUT2D eigenvalue weighted by atomic mass is 10.1. The molecule has 0 aromatic rings. The summed E-state index contributed by atoms with van der Waals surface area (Å²) in [5, 5.41) is 19.2. The number of likely N-dealkylation sites (N-methyl/N-ethyl adjacent to an activating group) is 1. The molecule has 0 spiro atoms. The number of hydrogen-bond donors (Lipinski definition) is 1. The fourth-order valence-corrected chi connectivity index (χ4v) is 2.33. The van der Waals surface area contributed by atoms with Crippen LogP contribution < -0.4 is 5.11 Å². The molecular formula is C19H31NO6. The molecule has 0 bridgehead atoms. The summed E-state index contributed by atoms with van der Waals surface area (Å²) in [5.74, 6) is -2.57. The van der Waals surface area contributed by atoms with Gasteiger partial charge in [0.15, 0.2) is 6.10 Å². The van der Waals surface area contributed by atoms with Gasteiger partial charge in [-0.1, -0.05) is 18.2 Å². The molecule has 1 atom stereocenters. The number of allylic oxidation sites excluding steroid dienone is 3. The van der Waals surface area contributed by atoms with Gasteiger partial charge in [0.2, 0.25) is 0 Å². The third kappa shape index (κ3) is 16.7. The minimum Gasteiger partial charge on any atom is -0.550 e. The van der Waals surface area contributed by atoms with Crippen molar-refractivity contribution < 1.29 is 33.8 Å². The van der Waals surface area contributed by atoms with Crippen molar-refractivity contribution in [1.82, 2.24) is 0 Å². The van der Waals surface area contributed by atoms with E-state index in [1.807, 2.05) is 33.3 Å². The van der Waals surface area contributed by atoms with Crippen molar-refractivity contribution in [3.8, 4) is 0 Å². The molecule has 0 saturated carbocycles. The third-order valence-corrected chi connectivity index (χ3v) is 3.38. The van der Waals surface area contributed by atoms with E-state index in [9.17, 15) is 19.5 Å². The molecule has 1 unspecified atom stereocenters. The van der Waals surface area contributed by atoms with Gasteiger partial charge in [-0.25, -0.2) is 4.79 Å². The van der Waals surface area contributed by atoms with Gasteiger partial charge in [-0.3, -0.25) is 4.79 Å². The number of carbonyl (C=O) groups excluding carboxylic acids is 2. The maximum absolute atomic E-state index is 11.9. The molecule has 7 nitrogen and oxygen atoms in total. The summed E-state index contributed by atoms with van der Waals surface area (Å²) in [4.78, 5) is 32.9. The Hall–Kier alpha value is -2.15. The zero-order valence-electron chi connectivity index (χ0n) is 16.0. The van der Waals surface area contributed by atoms with Gasteiger partial charge >= 0.3 is 11.9 Å². The van der Waals surface area contributed by atoms with Crippen molar-refractivity contribution in [3.05, 3.63) is 24.3 Å². The molecule has 0 heterocycles. The molecule has 7 heteroatoms. The molecule has 1 N–H and O–H groups in total. The molecule has 0 aromatic heterocycles. The van der Waals surface area contributed by atoms with Crippen LogP contribution in [0, 0.1) is 0 Å². The standard InChI is InChI=1S/C19H31NO6/c1-20(2,3)15-16(14-18(23)24)26-19(25)13-11-9-7-5-4-6-8-10-12-17(21)22/h7,9-10,12,16H,4-6,8,11,13-15H2,1-3H3,(H-,21,22,23,24)/b9-7+,12-10+. The number of aliphatic carboxylic acids is 2. The number of carbonyl (C=O) groups is 3. The Labute approximate surface area is 155 Å². The number of nitrogens with zero attached hydrogens (tertiary/aromatic N) is 1. The minimum atomic E-state index is -1.23. The Morgan fingerprint density at radius 2 is 1.62 bits per heavy atom. The van der Waals surface area contributed by atoms with Crippen LogP contribution in [0.25, 0.3) is 0 Å². The maximum Gasteiger partial charge on any atom is 0.327 e. The Bertz CT molecular complexity index is 505. The summed E-state index contributed by atoms with van der Waals surface area (Å²) in [6, 6.07) is 0. The van der Waals surface area contributed by atoms with Crippen molar-refractivity contribution >= 4 is 17.9 Å². The summed E-state index contributed by atoms with van der Waals surface area (Å²) >= 11 is 0. The molecule has 0 radical (unpaired) electrons. The van der Waals surface area contributed by atoms with Crippen LogP contribution >= 0.6 is 0 Å². The van der Waals surface area contributed by atoms with Crippen LogP contribution in [0.3, 0.4) is 0 Å². The lowest BCUT2D eigenvalue weighted by Crippen LogP contribution is -2.45. The highest BCUT2D eigenvalue weighted by Gasteiger charge is 2.22. The van der Waals surface area contributed by atoms with Gasteiger partial charge in [-0.2, -0.15) is 0 Å². The van der Waals surface area contributed by atoms with Crippen LogP contribution in [0.15, 0.2) is 24.3 Å². The van der Waals surface area contributed by atoms with Crippen molar-refractivity contribution in [2.75, 3.05) is 27.7 Å². The van der Waals surface area contributed by atoms with Crippen molar-refractivity contribution in [1.29, 1.82) is 0 Å². The highest BCUT2D eigenvalue weighted by molar-refractivity contribution is 5.79. The number of hydrogen-bond acceptors (Lipinski definition) is 5. The first-order valence-electron chi connectivity index (χ1n) is 8.84. The van der Waals surface area contributed by atoms with Gasteiger partial charge in [0.1, 0.15) is 6.54 Å². The van der Waals surface area contributed by atoms with Crippen molar-refractivity contribution in [2.45, 2.75) is 51.0 Å². The number of quaternary nitrogens is 1. The SMILES string of the molecule is C[N+](C)(C)CC(CC(=O)[O-])OC(=O)CC/C=C/CCCC/C=C/C(=O)O. The maximum atomic E-state index is 11.9. The van der Waals surface area contributed by atoms with Crippen LogP contribution in [0.5, 0.6) is 0 Å². The number of rotatable bonds is 14. The van der Waals surface area contributed by atoms with E-state index in [1.165, 1.54) is 0 Å². The molecule has 26 heavy (non-hydrogen) atoms. The Morgan fingerprint density at radius 3 is 2.15 bits per heavy atom. The van der Waals surface area contributed by atoms with E-state index in [-0.39, 0.29) is 12.8 Å². The number of ether oxygens (including phenoxy) is 1. The topological polar surface area (TPSA) is 104 Å². The van der Waals surface area contributed by atoms with E-state index < -0.39 is 24.0 Å². The quantitative estimate of drug-likeness (QED) is 0.163. The zero-order valence-corrected chi connectivity index (χ0v) is 16.0. The summed E-state index contributed by atoms with van der Waals surface area (Å²) in [6.45, 7) is 0.409. The number of carboxylic acids is 2. The van der Waals surface area contributed by atoms with E-state index in [1.54, 1.807) is 6.08 Å². The second-order valence-electron chi connectivity index (χ2n) is 7.20. The van der Waals surface area contributed by atoms with E-state index in [0.717, 1.165) is 31.8 Å². The van der Waals surface area contributed by atoms with Crippen molar-refractivity contribution in [3.63, 3.8) is 0 Å². The molecule has 0 saturated heterocycles. The van der Waals surface area contributed by atoms with Crippen LogP contribution in [0.4, 0.5) is 0 Å². The first kappa shape index (κ1) is 23.9. The largest absolute Gasteiger partial charge is 0.550 e. The van der Waals surface area contributed by atoms with E-state index in [0.29, 0.717) is 17.4 Å². The third-order valence-electron chi connectivity index (χ3n) is 3.38. The lowest BCUT2D eigenvalue weighted by Gasteiger charge is -2.29. The predicted molar refractivity (Wildman–Crippen MR) is 96.0 cm³/mol. The van der Waals surface area contributed by atoms with Crippen molar-refractivity contribution in [2.24, 2.45) is 0 Å². The van der Waals surface area contributed by atoms with Crippen LogP contribution in [0.1, 0.15) is 44.9 Å². The Balaban J connectivity index is 3.97. The zero-order chi connectivity index (χ0) is 20.0. The molecule has 0 aliphatic heterocycles. The molecule has 0 fully saturated rings. The van der Waals surface area contributed by atoms with Gasteiger partial charge in [-0.05, 0) is 32.1 Å². The fraction of sp³-hybridized carbons (Fsp3) is 0.632. The highest BCUT2D eigenvalue weighted by atomic mass is 16.5. The first-order chi connectivity index (χ1) is 12.1. The summed E-state index contributed by atoms with van der Waals surface area (Å²) < 4.78 is 5.76. The van der Waals surface area contributed by atoms with Gasteiger partial charge in [0.25, 0.3) is 0 Å². The summed E-state index contributed by atoms with van der Waals surface area (Å²) in [5.41, 5.74) is 0. The normalized spacial score (nSPS) is 13.2. The van der Waals surface area contributed by atoms with E-state index in [4.69, 9.17) is 9.84 Å². The molecule has 0 aromatic carbocycles. The smallest absolute Gasteiger partial charge is 0.327 e. The van der Waals surface area contributed by atoms with Gasteiger partial charge in [0, 0.05) is 24.9 Å². The summed E-state index contributed by atoms with van der Waals surface area (Å²) in [6.07, 6.45) is 9.90. The van der Waals surface area contributed by atoms with E-state index in [2.05, 4.69) is 0 Å². The number of esters is 1. The van der Waals surface area contributed by atoms with Crippen LogP contribution in [0.2, 0.25) is 0 Å². The first-order valence-corrected chi connectivity index (χ1v) is 8.84. The lowest BCUT2D eigenvalue weighted by molar-refractivity contribution is -0.873. The minimum absolute atomic E-state index is 0.207. The van der Waals surface area contributed by atoms with Gasteiger partial charge < -0.3 is 24.2 Å². The Kier molecular flexibility index (Phi) is 12.0.